The van der Waals surface area contributed by atoms with Crippen molar-refractivity contribution in [2.75, 3.05) is 0 Å². The molecule has 0 spiro atoms. The minimum Gasteiger partial charge on any atom is -0.130 e. The van der Waals surface area contributed by atoms with E-state index >= 15 is 0 Å². The van der Waals surface area contributed by atoms with E-state index in [2.05, 4.69) is 0 Å². The Kier molecular flexibility index (Phi) is 4.91. The van der Waals surface area contributed by atoms with E-state index in [1.807, 2.05) is 0 Å². The summed E-state index contributed by atoms with van der Waals surface area (Å²) in [5.74, 6) is 0. The molecule has 1 fully saturated rings. The summed E-state index contributed by atoms with van der Waals surface area (Å²) in [7, 11) is -0.651. The highest BCUT2D eigenvalue weighted by Gasteiger charge is 2.67. The standard InChI is InChI=1S/C2H8Cl6Si5/c3-11(4,5)13(12(6,7)8)9-1-2-10-13/h1-2,9-10H2. The van der Waals surface area contributed by atoms with Gasteiger partial charge in [-0.05, 0) is 0 Å². The molecule has 0 saturated carbocycles. The van der Waals surface area contributed by atoms with Gasteiger partial charge in [0.2, 0.25) is 0 Å². The Morgan fingerprint density at radius 2 is 1.08 bits per heavy atom. The van der Waals surface area contributed by atoms with Crippen molar-refractivity contribution in [2.45, 2.75) is 12.1 Å². The number of halogens is 6. The second-order valence-electron chi connectivity index (χ2n) is 3.28. The number of hydrogen-bond donors (Lipinski definition) is 0. The van der Waals surface area contributed by atoms with E-state index in [0.29, 0.717) is 0 Å². The molecule has 0 bridgehead atoms. The fraction of sp³-hybridized carbons (Fsp3) is 1.00. The van der Waals surface area contributed by atoms with E-state index in [9.17, 15) is 0 Å². The van der Waals surface area contributed by atoms with Gasteiger partial charge in [-0.25, -0.2) is 0 Å². The zero-order valence-corrected chi connectivity index (χ0v) is 17.0. The number of rotatable bonds is 2. The van der Waals surface area contributed by atoms with Crippen LogP contribution in [0.1, 0.15) is 0 Å². The molecule has 13 heavy (non-hydrogen) atoms. The van der Waals surface area contributed by atoms with Crippen molar-refractivity contribution in [3.63, 3.8) is 0 Å². The van der Waals surface area contributed by atoms with Crippen LogP contribution in [-0.4, -0.2) is 35.3 Å². The van der Waals surface area contributed by atoms with Gasteiger partial charge in [-0.3, -0.25) is 0 Å². The second kappa shape index (κ2) is 4.60. The van der Waals surface area contributed by atoms with Gasteiger partial charge < -0.3 is 0 Å². The molecule has 0 aromatic carbocycles. The largest absolute Gasteiger partial charge is 0.320 e. The highest BCUT2D eigenvalue weighted by molar-refractivity contribution is 8.25. The average Bonchev–Trinajstić information content (AvgIpc) is 2.28. The van der Waals surface area contributed by atoms with Gasteiger partial charge in [-0.1, -0.05) is 12.1 Å². The molecule has 78 valence electrons. The lowest BCUT2D eigenvalue weighted by atomic mass is 11.0. The van der Waals surface area contributed by atoms with Crippen LogP contribution in [0.25, 0.3) is 0 Å². The molecule has 0 N–H and O–H groups in total. The molecule has 0 unspecified atom stereocenters. The molecule has 1 saturated heterocycles. The van der Waals surface area contributed by atoms with Gasteiger partial charge in [0.15, 0.2) is 0 Å². The van der Waals surface area contributed by atoms with E-state index < -0.39 is 17.2 Å². The molecule has 1 heterocycles. The summed E-state index contributed by atoms with van der Waals surface area (Å²) in [6.45, 7) is 0. The lowest BCUT2D eigenvalue weighted by molar-refractivity contribution is 1.46. The Balaban J connectivity index is 3.02. The van der Waals surface area contributed by atoms with Crippen LogP contribution in [0.5, 0.6) is 0 Å². The summed E-state index contributed by atoms with van der Waals surface area (Å²) in [6, 6.07) is 2.53. The van der Waals surface area contributed by atoms with Crippen LogP contribution in [0, 0.1) is 0 Å². The predicted octanol–water partition coefficient (Wildman–Crippen LogP) is 2.08. The molecular formula is C2H8Cl6Si5. The van der Waals surface area contributed by atoms with Gasteiger partial charge >= 0.3 is 11.0 Å². The van der Waals surface area contributed by atoms with Crippen molar-refractivity contribution in [1.29, 1.82) is 0 Å². The summed E-state index contributed by atoms with van der Waals surface area (Å²) >= 11 is 37.0. The third-order valence-electron chi connectivity index (χ3n) is 2.54. The smallest absolute Gasteiger partial charge is 0.130 e. The lowest BCUT2D eigenvalue weighted by Gasteiger charge is -2.35. The zero-order valence-electron chi connectivity index (χ0n) is 6.60. The molecule has 0 atom stereocenters. The van der Waals surface area contributed by atoms with Gasteiger partial charge in [0.1, 0.15) is 6.14 Å². The lowest BCUT2D eigenvalue weighted by Crippen LogP contribution is -2.72. The van der Waals surface area contributed by atoms with Crippen molar-refractivity contribution in [3.05, 3.63) is 0 Å². The van der Waals surface area contributed by atoms with Gasteiger partial charge in [0, 0.05) is 18.1 Å². The molecule has 0 radical (unpaired) electrons. The van der Waals surface area contributed by atoms with E-state index in [1.165, 1.54) is 12.1 Å². The van der Waals surface area contributed by atoms with Crippen LogP contribution in [0.2, 0.25) is 12.1 Å². The summed E-state index contributed by atoms with van der Waals surface area (Å²) < 4.78 is 0. The van der Waals surface area contributed by atoms with Crippen molar-refractivity contribution in [1.82, 2.24) is 0 Å². The normalized spacial score (nSPS) is 27.2. The summed E-state index contributed by atoms with van der Waals surface area (Å²) in [5, 5.41) is 0. The van der Waals surface area contributed by atoms with Crippen molar-refractivity contribution < 1.29 is 0 Å². The maximum Gasteiger partial charge on any atom is 0.320 e. The Morgan fingerprint density at radius 3 is 1.23 bits per heavy atom. The Labute approximate surface area is 113 Å². The van der Waals surface area contributed by atoms with Crippen molar-refractivity contribution in [2.24, 2.45) is 0 Å². The average molecular weight is 385 g/mol. The van der Waals surface area contributed by atoms with Gasteiger partial charge in [-0.2, -0.15) is 0 Å². The maximum atomic E-state index is 6.16. The van der Waals surface area contributed by atoms with Crippen LogP contribution in [0.15, 0.2) is 0 Å². The monoisotopic (exact) mass is 382 g/mol. The first-order valence-electron chi connectivity index (χ1n) is 3.84. The quantitative estimate of drug-likeness (QED) is 0.505. The van der Waals surface area contributed by atoms with Crippen molar-refractivity contribution >= 4 is 102 Å². The van der Waals surface area contributed by atoms with Crippen molar-refractivity contribution in [3.8, 4) is 0 Å². The van der Waals surface area contributed by atoms with Crippen LogP contribution < -0.4 is 0 Å². The minimum atomic E-state index is -2.66. The number of hydrogen-bond acceptors (Lipinski definition) is 0. The minimum absolute atomic E-state index is 0.326. The van der Waals surface area contributed by atoms with Gasteiger partial charge in [-0.15, -0.1) is 66.5 Å². The second-order valence-corrected chi connectivity index (χ2v) is 62.7. The summed E-state index contributed by atoms with van der Waals surface area (Å²) in [5.41, 5.74) is -5.33. The highest BCUT2D eigenvalue weighted by Crippen LogP contribution is 2.45. The summed E-state index contributed by atoms with van der Waals surface area (Å²) in [4.78, 5) is 0. The topological polar surface area (TPSA) is 0 Å². The molecule has 1 aliphatic rings. The highest BCUT2D eigenvalue weighted by atomic mass is 35.9. The third kappa shape index (κ3) is 2.74. The predicted molar refractivity (Wildman–Crippen MR) is 79.1 cm³/mol. The molecule has 1 rings (SSSR count). The molecule has 0 nitrogen and oxygen atoms in total. The zero-order chi connectivity index (χ0) is 10.3. The van der Waals surface area contributed by atoms with Gasteiger partial charge in [0.25, 0.3) is 0 Å². The third-order valence-corrected chi connectivity index (χ3v) is 116. The molecule has 0 aliphatic carbocycles. The maximum absolute atomic E-state index is 6.16. The molecule has 0 aromatic heterocycles. The molecule has 11 heteroatoms. The van der Waals surface area contributed by atoms with Crippen LogP contribution >= 0.6 is 66.5 Å². The first kappa shape index (κ1) is 13.9. The van der Waals surface area contributed by atoms with Crippen LogP contribution in [0.4, 0.5) is 0 Å². The fourth-order valence-electron chi connectivity index (χ4n) is 1.71. The Hall–Kier alpha value is 2.82. The van der Waals surface area contributed by atoms with Crippen LogP contribution in [0.3, 0.4) is 0 Å². The van der Waals surface area contributed by atoms with E-state index in [-0.39, 0.29) is 18.1 Å². The van der Waals surface area contributed by atoms with E-state index in [1.54, 1.807) is 0 Å². The van der Waals surface area contributed by atoms with Crippen LogP contribution in [-0.2, 0) is 0 Å². The first-order chi connectivity index (χ1) is 5.71. The SMILES string of the molecule is Cl[Si](Cl)(Cl)[Si]1([Si](Cl)(Cl)Cl)[SiH2]CC[SiH2]1. The molecule has 0 amide bonds. The summed E-state index contributed by atoms with van der Waals surface area (Å²) in [6.07, 6.45) is -1.89. The Morgan fingerprint density at radius 1 is 0.769 bits per heavy atom. The van der Waals surface area contributed by atoms with E-state index in [0.717, 1.165) is 0 Å². The molecular weight excluding hydrogens is 377 g/mol. The van der Waals surface area contributed by atoms with E-state index in [4.69, 9.17) is 66.5 Å². The molecule has 0 aromatic rings. The van der Waals surface area contributed by atoms with Gasteiger partial charge in [0.05, 0.1) is 0 Å². The fourth-order valence-corrected chi connectivity index (χ4v) is 111. The molecule has 1 aliphatic heterocycles. The first-order valence-corrected chi connectivity index (χ1v) is 24.6. The Bertz CT molecular complexity index is 172.